The molecule has 3 nitrogen and oxygen atoms in total. The average Bonchev–Trinajstić information content (AvgIpc) is 2.99. The summed E-state index contributed by atoms with van der Waals surface area (Å²) >= 11 is 0. The highest BCUT2D eigenvalue weighted by atomic mass is 16.5. The number of aryl methyl sites for hydroxylation is 1. The SMILES string of the molecule is C=C/C=N\c1c(CCC)c2ccc(-c3cccc(-c4ccccc4BOC(C)(C)C(C)(C)O)c3)cc2c2ccccc12. The van der Waals surface area contributed by atoms with Crippen LogP contribution < -0.4 is 5.46 Å². The minimum atomic E-state index is -0.960. The van der Waals surface area contributed by atoms with E-state index in [-0.39, 0.29) is 0 Å². The van der Waals surface area contributed by atoms with E-state index in [0.29, 0.717) is 7.48 Å². The third-order valence-corrected chi connectivity index (χ3v) is 8.50. The predicted molar refractivity (Wildman–Crippen MR) is 183 cm³/mol. The summed E-state index contributed by atoms with van der Waals surface area (Å²) in [5.74, 6) is 0. The molecule has 4 heteroatoms. The van der Waals surface area contributed by atoms with Crippen LogP contribution in [0.25, 0.3) is 43.8 Å². The summed E-state index contributed by atoms with van der Waals surface area (Å²) in [5, 5.41) is 15.5. The summed E-state index contributed by atoms with van der Waals surface area (Å²) in [6.07, 6.45) is 5.54. The van der Waals surface area contributed by atoms with Crippen LogP contribution in [-0.2, 0) is 11.1 Å². The van der Waals surface area contributed by atoms with Crippen molar-refractivity contribution in [3.05, 3.63) is 109 Å². The lowest BCUT2D eigenvalue weighted by Crippen LogP contribution is -2.49. The monoisotopic (exact) mass is 553 g/mol. The van der Waals surface area contributed by atoms with E-state index in [1.165, 1.54) is 32.7 Å². The molecule has 5 rings (SSSR count). The quantitative estimate of drug-likeness (QED) is 0.107. The van der Waals surface area contributed by atoms with Crippen LogP contribution in [-0.4, -0.2) is 30.0 Å². The maximum Gasteiger partial charge on any atom is 0.310 e. The Morgan fingerprint density at radius 3 is 2.21 bits per heavy atom. The van der Waals surface area contributed by atoms with Gasteiger partial charge in [0.1, 0.15) is 0 Å². The minimum Gasteiger partial charge on any atom is -0.427 e. The van der Waals surface area contributed by atoms with Crippen molar-refractivity contribution in [3.8, 4) is 22.3 Å². The van der Waals surface area contributed by atoms with Crippen molar-refractivity contribution in [1.82, 2.24) is 0 Å². The molecular formula is C38H40BNO2. The molecule has 5 aromatic rings. The first-order chi connectivity index (χ1) is 20.1. The van der Waals surface area contributed by atoms with E-state index in [9.17, 15) is 5.11 Å². The summed E-state index contributed by atoms with van der Waals surface area (Å²) in [6.45, 7) is 13.5. The van der Waals surface area contributed by atoms with Crippen molar-refractivity contribution in [2.75, 3.05) is 0 Å². The number of rotatable bonds is 10. The van der Waals surface area contributed by atoms with Gasteiger partial charge in [0.15, 0.2) is 0 Å². The molecule has 0 aliphatic rings. The zero-order valence-electron chi connectivity index (χ0n) is 25.4. The number of aliphatic hydroxyl groups is 1. The molecule has 0 radical (unpaired) electrons. The fourth-order valence-electron chi connectivity index (χ4n) is 5.43. The number of benzene rings is 5. The molecule has 0 saturated carbocycles. The molecule has 0 fully saturated rings. The van der Waals surface area contributed by atoms with Crippen molar-refractivity contribution in [2.24, 2.45) is 4.99 Å². The molecule has 0 atom stereocenters. The third kappa shape index (κ3) is 5.83. The first kappa shape index (κ1) is 29.5. The molecule has 0 aliphatic heterocycles. The van der Waals surface area contributed by atoms with Crippen molar-refractivity contribution in [3.63, 3.8) is 0 Å². The Bertz CT molecular complexity index is 1780. The molecule has 0 amide bonds. The number of nitrogens with zero attached hydrogens (tertiary/aromatic N) is 1. The van der Waals surface area contributed by atoms with Gasteiger partial charge in [-0.25, -0.2) is 0 Å². The number of hydrogen-bond donors (Lipinski definition) is 1. The number of hydrogen-bond acceptors (Lipinski definition) is 3. The molecule has 5 aromatic carbocycles. The zero-order chi connectivity index (χ0) is 29.9. The molecule has 0 unspecified atom stereocenters. The van der Waals surface area contributed by atoms with E-state index < -0.39 is 11.2 Å². The molecule has 212 valence electrons. The maximum atomic E-state index is 10.6. The van der Waals surface area contributed by atoms with Gasteiger partial charge >= 0.3 is 7.48 Å². The number of allylic oxidation sites excluding steroid dienone is 1. The predicted octanol–water partition coefficient (Wildman–Crippen LogP) is 8.71. The fourth-order valence-corrected chi connectivity index (χ4v) is 5.43. The van der Waals surface area contributed by atoms with Crippen LogP contribution in [0.3, 0.4) is 0 Å². The van der Waals surface area contributed by atoms with E-state index in [2.05, 4.69) is 98.4 Å². The zero-order valence-corrected chi connectivity index (χ0v) is 25.4. The highest BCUT2D eigenvalue weighted by Gasteiger charge is 2.35. The van der Waals surface area contributed by atoms with Gasteiger partial charge in [0, 0.05) is 11.6 Å². The van der Waals surface area contributed by atoms with Gasteiger partial charge in [0.05, 0.1) is 16.9 Å². The fraction of sp³-hybridized carbons (Fsp3) is 0.237. The smallest absolute Gasteiger partial charge is 0.310 e. The van der Waals surface area contributed by atoms with Crippen molar-refractivity contribution in [2.45, 2.75) is 58.7 Å². The molecule has 0 aliphatic carbocycles. The Morgan fingerprint density at radius 2 is 1.48 bits per heavy atom. The van der Waals surface area contributed by atoms with Crippen LogP contribution in [0.15, 0.2) is 109 Å². The summed E-state index contributed by atoms with van der Waals surface area (Å²) in [4.78, 5) is 4.83. The lowest BCUT2D eigenvalue weighted by molar-refractivity contribution is -0.0893. The summed E-state index contributed by atoms with van der Waals surface area (Å²) in [5.41, 5.74) is 6.38. The van der Waals surface area contributed by atoms with E-state index in [1.807, 2.05) is 19.9 Å². The highest BCUT2D eigenvalue weighted by Crippen LogP contribution is 2.40. The summed E-state index contributed by atoms with van der Waals surface area (Å²) in [7, 11) is 0.413. The lowest BCUT2D eigenvalue weighted by Gasteiger charge is -2.37. The van der Waals surface area contributed by atoms with Crippen LogP contribution in [0.2, 0.25) is 0 Å². The van der Waals surface area contributed by atoms with Crippen molar-refractivity contribution >= 4 is 46.4 Å². The standard InChI is InChI=1S/C38H40BNO2/c1-7-14-32-31-22-21-27(25-34(31)30-18-9-10-19-33(30)36(32)40-23-8-2)26-15-13-16-28(24-26)29-17-11-12-20-35(29)39-42-38(5,6)37(3,4)41/h8-13,15-25,39,41H,2,7,14H2,1,3-6H3/b40-23-. The largest absolute Gasteiger partial charge is 0.427 e. The Labute approximate surface area is 250 Å². The molecule has 1 N–H and O–H groups in total. The Morgan fingerprint density at radius 1 is 0.786 bits per heavy atom. The highest BCUT2D eigenvalue weighted by molar-refractivity contribution is 6.49. The van der Waals surface area contributed by atoms with Gasteiger partial charge in [0.25, 0.3) is 0 Å². The summed E-state index contributed by atoms with van der Waals surface area (Å²) < 4.78 is 6.25. The molecule has 0 aromatic heterocycles. The Balaban J connectivity index is 1.60. The topological polar surface area (TPSA) is 41.8 Å². The van der Waals surface area contributed by atoms with E-state index in [4.69, 9.17) is 9.65 Å². The Kier molecular flexibility index (Phi) is 8.49. The van der Waals surface area contributed by atoms with Gasteiger partial charge < -0.3 is 9.76 Å². The van der Waals surface area contributed by atoms with Gasteiger partial charge in [-0.15, -0.1) is 0 Å². The molecule has 0 bridgehead atoms. The van der Waals surface area contributed by atoms with Crippen LogP contribution in [0, 0.1) is 0 Å². The van der Waals surface area contributed by atoms with Crippen LogP contribution in [0.5, 0.6) is 0 Å². The van der Waals surface area contributed by atoms with Gasteiger partial charge in [-0.3, -0.25) is 4.99 Å². The second-order valence-electron chi connectivity index (χ2n) is 12.0. The normalized spacial score (nSPS) is 12.3. The second kappa shape index (κ2) is 12.1. The Hall–Kier alpha value is -3.99. The third-order valence-electron chi connectivity index (χ3n) is 8.50. The maximum absolute atomic E-state index is 10.6. The molecule has 0 saturated heterocycles. The van der Waals surface area contributed by atoms with Gasteiger partial charge in [-0.1, -0.05) is 105 Å². The van der Waals surface area contributed by atoms with Crippen LogP contribution >= 0.6 is 0 Å². The number of fused-ring (bicyclic) bond motifs is 3. The minimum absolute atomic E-state index is 0.413. The first-order valence-electron chi connectivity index (χ1n) is 14.8. The molecule has 42 heavy (non-hydrogen) atoms. The molecule has 0 spiro atoms. The second-order valence-corrected chi connectivity index (χ2v) is 12.0. The van der Waals surface area contributed by atoms with Crippen molar-refractivity contribution < 1.29 is 9.76 Å². The van der Waals surface area contributed by atoms with Gasteiger partial charge in [-0.05, 0) is 95.7 Å². The lowest BCUT2D eigenvalue weighted by atomic mass is 9.78. The molecule has 0 heterocycles. The molecular weight excluding hydrogens is 513 g/mol. The number of aliphatic imine (C=N–C) groups is 1. The van der Waals surface area contributed by atoms with E-state index >= 15 is 0 Å². The van der Waals surface area contributed by atoms with Gasteiger partial charge in [-0.2, -0.15) is 0 Å². The van der Waals surface area contributed by atoms with Crippen LogP contribution in [0.1, 0.15) is 46.6 Å². The van der Waals surface area contributed by atoms with E-state index in [0.717, 1.165) is 40.7 Å². The van der Waals surface area contributed by atoms with Crippen molar-refractivity contribution in [1.29, 1.82) is 0 Å². The van der Waals surface area contributed by atoms with Crippen LogP contribution in [0.4, 0.5) is 5.69 Å². The first-order valence-corrected chi connectivity index (χ1v) is 14.8. The average molecular weight is 554 g/mol. The van der Waals surface area contributed by atoms with Gasteiger partial charge in [0.2, 0.25) is 0 Å². The van der Waals surface area contributed by atoms with E-state index in [1.54, 1.807) is 26.1 Å². The summed E-state index contributed by atoms with van der Waals surface area (Å²) in [6, 6.07) is 32.5.